The van der Waals surface area contributed by atoms with Crippen molar-refractivity contribution in [3.63, 3.8) is 0 Å². The summed E-state index contributed by atoms with van der Waals surface area (Å²) in [4.78, 5) is 33.3. The molecule has 1 aliphatic heterocycles. The largest absolute Gasteiger partial charge is 0.459 e. The number of thioether (sulfide) groups is 1. The molecular weight excluding hydrogens is 300 g/mol. The van der Waals surface area contributed by atoms with E-state index in [-0.39, 0.29) is 0 Å². The van der Waals surface area contributed by atoms with Gasteiger partial charge < -0.3 is 18.9 Å². The molecule has 0 saturated carbocycles. The molecule has 1 unspecified atom stereocenters. The summed E-state index contributed by atoms with van der Waals surface area (Å²) < 4.78 is 20.9. The Morgan fingerprint density at radius 2 is 1.76 bits per heavy atom. The highest BCUT2D eigenvalue weighted by Crippen LogP contribution is 2.29. The minimum atomic E-state index is -0.976. The number of ether oxygens (including phenoxy) is 4. The molecule has 4 atom stereocenters. The van der Waals surface area contributed by atoms with Crippen LogP contribution in [0.1, 0.15) is 27.2 Å². The second kappa shape index (κ2) is 8.23. The first kappa shape index (κ1) is 17.8. The lowest BCUT2D eigenvalue weighted by Crippen LogP contribution is -2.33. The van der Waals surface area contributed by atoms with Gasteiger partial charge in [0, 0.05) is 32.9 Å². The van der Waals surface area contributed by atoms with E-state index in [4.69, 9.17) is 18.9 Å². The summed E-state index contributed by atoms with van der Waals surface area (Å²) in [5.41, 5.74) is 0. The fourth-order valence-electron chi connectivity index (χ4n) is 2.07. The van der Waals surface area contributed by atoms with Crippen molar-refractivity contribution < 1.29 is 33.3 Å². The third kappa shape index (κ3) is 5.92. The molecule has 0 aliphatic carbocycles. The van der Waals surface area contributed by atoms with Crippen LogP contribution in [0.15, 0.2) is 0 Å². The van der Waals surface area contributed by atoms with Gasteiger partial charge in [-0.15, -0.1) is 0 Å². The van der Waals surface area contributed by atoms with Crippen molar-refractivity contribution in [1.29, 1.82) is 0 Å². The Morgan fingerprint density at radius 1 is 1.14 bits per heavy atom. The maximum Gasteiger partial charge on any atom is 0.305 e. The summed E-state index contributed by atoms with van der Waals surface area (Å²) in [7, 11) is 0. The third-order valence-electron chi connectivity index (χ3n) is 2.74. The molecular formula is C13H20O7S. The summed E-state index contributed by atoms with van der Waals surface area (Å²) in [5, 5.41) is 0. The molecule has 0 N–H and O–H groups in total. The lowest BCUT2D eigenvalue weighted by Gasteiger charge is -2.22. The van der Waals surface area contributed by atoms with E-state index >= 15 is 0 Å². The van der Waals surface area contributed by atoms with Crippen LogP contribution in [0.2, 0.25) is 0 Å². The molecule has 0 bridgehead atoms. The maximum absolute atomic E-state index is 11.1. The van der Waals surface area contributed by atoms with Crippen LogP contribution in [0.25, 0.3) is 0 Å². The van der Waals surface area contributed by atoms with Crippen LogP contribution in [-0.4, -0.2) is 54.5 Å². The number of hydrogen-bond acceptors (Lipinski definition) is 8. The first-order valence-electron chi connectivity index (χ1n) is 6.49. The van der Waals surface area contributed by atoms with Crippen molar-refractivity contribution in [1.82, 2.24) is 0 Å². The van der Waals surface area contributed by atoms with Crippen molar-refractivity contribution >= 4 is 29.7 Å². The number of carbonyl (C=O) groups excluding carboxylic acids is 3. The van der Waals surface area contributed by atoms with Crippen LogP contribution in [0.3, 0.4) is 0 Å². The second-order valence-corrected chi connectivity index (χ2v) is 5.55. The van der Waals surface area contributed by atoms with Crippen molar-refractivity contribution in [2.75, 3.05) is 12.0 Å². The van der Waals surface area contributed by atoms with Crippen LogP contribution >= 0.6 is 11.8 Å². The van der Waals surface area contributed by atoms with Gasteiger partial charge >= 0.3 is 17.9 Å². The average Bonchev–Trinajstić information content (AvgIpc) is 2.69. The zero-order chi connectivity index (χ0) is 16.0. The molecule has 0 aromatic carbocycles. The predicted octanol–water partition coefficient (Wildman–Crippen LogP) is 0.891. The molecule has 120 valence electrons. The highest BCUT2D eigenvalue weighted by molar-refractivity contribution is 7.98. The summed E-state index contributed by atoms with van der Waals surface area (Å²) in [6.45, 7) is 3.83. The first-order valence-corrected chi connectivity index (χ1v) is 7.89. The van der Waals surface area contributed by atoms with Gasteiger partial charge in [-0.1, -0.05) is 0 Å². The Morgan fingerprint density at radius 3 is 2.24 bits per heavy atom. The number of esters is 3. The molecule has 0 amide bonds. The highest BCUT2D eigenvalue weighted by atomic mass is 32.2. The van der Waals surface area contributed by atoms with E-state index in [1.165, 1.54) is 32.5 Å². The van der Waals surface area contributed by atoms with Gasteiger partial charge in [0.05, 0.1) is 0 Å². The fourth-order valence-corrected chi connectivity index (χ4v) is 2.68. The minimum Gasteiger partial charge on any atom is -0.459 e. The quantitative estimate of drug-likeness (QED) is 0.527. The molecule has 1 rings (SSSR count). The fraction of sp³-hybridized carbons (Fsp3) is 0.769. The van der Waals surface area contributed by atoms with E-state index in [9.17, 15) is 14.4 Å². The van der Waals surface area contributed by atoms with Gasteiger partial charge in [0.25, 0.3) is 0 Å². The average molecular weight is 320 g/mol. The van der Waals surface area contributed by atoms with E-state index in [0.717, 1.165) is 0 Å². The van der Waals surface area contributed by atoms with Crippen LogP contribution in [0.5, 0.6) is 0 Å². The molecule has 0 aromatic heterocycles. The van der Waals surface area contributed by atoms with Crippen LogP contribution in [-0.2, 0) is 33.3 Å². The maximum atomic E-state index is 11.1. The van der Waals surface area contributed by atoms with Gasteiger partial charge in [-0.2, -0.15) is 11.8 Å². The molecule has 8 heteroatoms. The molecule has 7 nitrogen and oxygen atoms in total. The Hall–Kier alpha value is -1.28. The van der Waals surface area contributed by atoms with Crippen LogP contribution in [0.4, 0.5) is 0 Å². The lowest BCUT2D eigenvalue weighted by atomic mass is 10.1. The first-order chi connectivity index (χ1) is 9.83. The number of hydrogen-bond donors (Lipinski definition) is 0. The smallest absolute Gasteiger partial charge is 0.305 e. The zero-order valence-electron chi connectivity index (χ0n) is 12.5. The van der Waals surface area contributed by atoms with Crippen LogP contribution in [0, 0.1) is 0 Å². The van der Waals surface area contributed by atoms with Gasteiger partial charge in [-0.25, -0.2) is 0 Å². The van der Waals surface area contributed by atoms with E-state index in [2.05, 4.69) is 0 Å². The Labute approximate surface area is 127 Å². The molecule has 1 fully saturated rings. The second-order valence-electron chi connectivity index (χ2n) is 4.64. The molecule has 21 heavy (non-hydrogen) atoms. The normalized spacial score (nSPS) is 26.0. The molecule has 1 aliphatic rings. The number of rotatable bonds is 6. The van der Waals surface area contributed by atoms with Gasteiger partial charge in [0.1, 0.15) is 12.2 Å². The van der Waals surface area contributed by atoms with E-state index in [1.807, 2.05) is 6.26 Å². The molecule has 0 spiro atoms. The van der Waals surface area contributed by atoms with Gasteiger partial charge in [-0.3, -0.25) is 14.4 Å². The zero-order valence-corrected chi connectivity index (χ0v) is 13.3. The third-order valence-corrected chi connectivity index (χ3v) is 3.40. The standard InChI is InChI=1S/C13H20O7S/c1-7(14)17-11-5-10(20-13(11)19-9(3)16)12(6-21-4)18-8(2)15/h10-13H,5-6H2,1-4H3/t10-,11+,12-,13?/m0/s1. The summed E-state index contributed by atoms with van der Waals surface area (Å²) in [6, 6.07) is 0. The number of carbonyl (C=O) groups is 3. The van der Waals surface area contributed by atoms with Gasteiger partial charge in [0.15, 0.2) is 6.10 Å². The lowest BCUT2D eigenvalue weighted by molar-refractivity contribution is -0.200. The van der Waals surface area contributed by atoms with Crippen molar-refractivity contribution in [2.24, 2.45) is 0 Å². The SMILES string of the molecule is CSC[C@H](OC(C)=O)[C@@H]1C[C@@H](OC(C)=O)C(OC(C)=O)O1. The molecule has 0 aromatic rings. The summed E-state index contributed by atoms with van der Waals surface area (Å²) >= 11 is 1.50. The van der Waals surface area contributed by atoms with E-state index in [1.54, 1.807) is 0 Å². The predicted molar refractivity (Wildman–Crippen MR) is 74.5 cm³/mol. The topological polar surface area (TPSA) is 88.1 Å². The van der Waals surface area contributed by atoms with Crippen LogP contribution < -0.4 is 0 Å². The van der Waals surface area contributed by atoms with Crippen molar-refractivity contribution in [2.45, 2.75) is 51.8 Å². The van der Waals surface area contributed by atoms with Crippen molar-refractivity contribution in [3.8, 4) is 0 Å². The minimum absolute atomic E-state index is 0.302. The van der Waals surface area contributed by atoms with Crippen molar-refractivity contribution in [3.05, 3.63) is 0 Å². The highest BCUT2D eigenvalue weighted by Gasteiger charge is 2.44. The van der Waals surface area contributed by atoms with Gasteiger partial charge in [-0.05, 0) is 6.26 Å². The van der Waals surface area contributed by atoms with Gasteiger partial charge in [0.2, 0.25) is 6.29 Å². The Kier molecular flexibility index (Phi) is 6.97. The molecule has 0 radical (unpaired) electrons. The van der Waals surface area contributed by atoms with E-state index < -0.39 is 42.5 Å². The summed E-state index contributed by atoms with van der Waals surface area (Å²) in [6.07, 6.45) is -0.479. The molecule has 1 saturated heterocycles. The van der Waals surface area contributed by atoms with E-state index in [0.29, 0.717) is 12.2 Å². The Bertz CT molecular complexity index is 374. The molecule has 1 heterocycles. The summed E-state index contributed by atoms with van der Waals surface area (Å²) in [5.74, 6) is -0.913. The monoisotopic (exact) mass is 320 g/mol. The Balaban J connectivity index is 2.76.